The van der Waals surface area contributed by atoms with Crippen molar-refractivity contribution in [2.75, 3.05) is 24.6 Å². The largest absolute Gasteiger partial charge is 0.480 e. The summed E-state index contributed by atoms with van der Waals surface area (Å²) in [5, 5.41) is 0. The molecule has 1 fully saturated rings. The van der Waals surface area contributed by atoms with E-state index < -0.39 is 16.9 Å². The van der Waals surface area contributed by atoms with E-state index in [1.807, 2.05) is 38.1 Å². The van der Waals surface area contributed by atoms with Crippen molar-refractivity contribution >= 4 is 16.7 Å². The lowest BCUT2D eigenvalue weighted by atomic mass is 10.2. The molecule has 0 saturated carbocycles. The van der Waals surface area contributed by atoms with Gasteiger partial charge in [0.15, 0.2) is 6.10 Å². The molecule has 1 atom stereocenters. The fourth-order valence-corrected chi connectivity index (χ4v) is 3.26. The van der Waals surface area contributed by atoms with Gasteiger partial charge in [-0.15, -0.1) is 0 Å². The molecule has 5 heteroatoms. The Morgan fingerprint density at radius 1 is 1.35 bits per heavy atom. The predicted molar refractivity (Wildman–Crippen MR) is 80.3 cm³/mol. The van der Waals surface area contributed by atoms with Crippen LogP contribution in [0.5, 0.6) is 5.75 Å². The molecule has 1 heterocycles. The summed E-state index contributed by atoms with van der Waals surface area (Å²) in [5.41, 5.74) is 1.03. The summed E-state index contributed by atoms with van der Waals surface area (Å²) in [5.74, 6) is 1.92. The molecule has 1 amide bonds. The van der Waals surface area contributed by atoms with E-state index in [-0.39, 0.29) is 5.91 Å². The Balaban J connectivity index is 2.02. The van der Waals surface area contributed by atoms with Crippen LogP contribution in [0.3, 0.4) is 0 Å². The number of carbonyl (C=O) groups is 1. The summed E-state index contributed by atoms with van der Waals surface area (Å²) >= 11 is 0. The number of hydrogen-bond acceptors (Lipinski definition) is 3. The molecule has 0 bridgehead atoms. The zero-order valence-electron chi connectivity index (χ0n) is 12.0. The summed E-state index contributed by atoms with van der Waals surface area (Å²) in [7, 11) is -0.769. The van der Waals surface area contributed by atoms with Crippen LogP contribution in [-0.4, -0.2) is 45.7 Å². The van der Waals surface area contributed by atoms with Crippen LogP contribution in [0.25, 0.3) is 0 Å². The van der Waals surface area contributed by atoms with E-state index in [1.165, 1.54) is 0 Å². The summed E-state index contributed by atoms with van der Waals surface area (Å²) in [4.78, 5) is 14.2. The molecule has 0 unspecified atom stereocenters. The molecule has 1 aliphatic heterocycles. The first-order chi connectivity index (χ1) is 9.61. The summed E-state index contributed by atoms with van der Waals surface area (Å²) in [6, 6.07) is 7.71. The molecule has 1 aliphatic rings. The van der Waals surface area contributed by atoms with Gasteiger partial charge in [-0.05, 0) is 25.0 Å². The molecule has 0 radical (unpaired) electrons. The van der Waals surface area contributed by atoms with Crippen LogP contribution < -0.4 is 4.74 Å². The van der Waals surface area contributed by atoms with Gasteiger partial charge in [-0.3, -0.25) is 9.00 Å². The van der Waals surface area contributed by atoms with Gasteiger partial charge in [0.25, 0.3) is 5.91 Å². The number of nitrogens with zero attached hydrogens (tertiary/aromatic N) is 1. The molecule has 1 aromatic carbocycles. The average molecular weight is 295 g/mol. The minimum atomic E-state index is -0.769. The van der Waals surface area contributed by atoms with E-state index in [0.717, 1.165) is 11.3 Å². The van der Waals surface area contributed by atoms with Crippen molar-refractivity contribution in [1.29, 1.82) is 0 Å². The highest BCUT2D eigenvalue weighted by Crippen LogP contribution is 2.20. The van der Waals surface area contributed by atoms with E-state index >= 15 is 0 Å². The topological polar surface area (TPSA) is 46.6 Å². The van der Waals surface area contributed by atoms with Crippen molar-refractivity contribution < 1.29 is 13.7 Å². The second-order valence-corrected chi connectivity index (χ2v) is 6.65. The number of rotatable bonds is 4. The van der Waals surface area contributed by atoms with E-state index in [4.69, 9.17) is 4.74 Å². The Morgan fingerprint density at radius 2 is 2.00 bits per heavy atom. The molecule has 1 saturated heterocycles. The van der Waals surface area contributed by atoms with Crippen molar-refractivity contribution in [2.24, 2.45) is 0 Å². The van der Waals surface area contributed by atoms with Gasteiger partial charge in [0.1, 0.15) is 5.75 Å². The summed E-state index contributed by atoms with van der Waals surface area (Å²) in [6.45, 7) is 5.05. The summed E-state index contributed by atoms with van der Waals surface area (Å²) < 4.78 is 17.2. The quantitative estimate of drug-likeness (QED) is 0.850. The molecule has 20 heavy (non-hydrogen) atoms. The minimum absolute atomic E-state index is 0.00690. The number of carbonyl (C=O) groups excluding carboxylic acids is 1. The van der Waals surface area contributed by atoms with Crippen molar-refractivity contribution in [1.82, 2.24) is 4.90 Å². The Hall–Kier alpha value is -1.36. The molecular weight excluding hydrogens is 274 g/mol. The van der Waals surface area contributed by atoms with Gasteiger partial charge in [0.2, 0.25) is 0 Å². The highest BCUT2D eigenvalue weighted by atomic mass is 32.2. The number of ether oxygens (including phenoxy) is 1. The third-order valence-corrected chi connectivity index (χ3v) is 4.77. The molecule has 110 valence electrons. The monoisotopic (exact) mass is 295 g/mol. The third kappa shape index (κ3) is 3.60. The van der Waals surface area contributed by atoms with Gasteiger partial charge in [0.05, 0.1) is 0 Å². The molecule has 0 N–H and O–H groups in total. The predicted octanol–water partition coefficient (Wildman–Crippen LogP) is 1.74. The van der Waals surface area contributed by atoms with Crippen LogP contribution in [0, 0.1) is 6.92 Å². The maximum atomic E-state index is 12.5. The first-order valence-corrected chi connectivity index (χ1v) is 8.46. The maximum absolute atomic E-state index is 12.5. The average Bonchev–Trinajstić information content (AvgIpc) is 2.46. The lowest BCUT2D eigenvalue weighted by Gasteiger charge is -2.30. The van der Waals surface area contributed by atoms with Gasteiger partial charge < -0.3 is 9.64 Å². The SMILES string of the molecule is CC[C@H](Oc1ccccc1C)C(=O)N1CCS(=O)CC1. The Kier molecular flexibility index (Phi) is 5.17. The van der Waals surface area contributed by atoms with Gasteiger partial charge in [-0.1, -0.05) is 25.1 Å². The van der Waals surface area contributed by atoms with Crippen LogP contribution in [0.4, 0.5) is 0 Å². The molecule has 2 rings (SSSR count). The normalized spacial score (nSPS) is 17.8. The number of aryl methyl sites for hydroxylation is 1. The van der Waals surface area contributed by atoms with Crippen molar-refractivity contribution in [2.45, 2.75) is 26.4 Å². The van der Waals surface area contributed by atoms with Gasteiger partial charge >= 0.3 is 0 Å². The molecule has 0 aliphatic carbocycles. The van der Waals surface area contributed by atoms with Gasteiger partial charge in [-0.25, -0.2) is 0 Å². The van der Waals surface area contributed by atoms with E-state index in [2.05, 4.69) is 0 Å². The Morgan fingerprint density at radius 3 is 2.60 bits per heavy atom. The van der Waals surface area contributed by atoms with Crippen LogP contribution >= 0.6 is 0 Å². The lowest BCUT2D eigenvalue weighted by molar-refractivity contribution is -0.138. The maximum Gasteiger partial charge on any atom is 0.263 e. The smallest absolute Gasteiger partial charge is 0.263 e. The number of amides is 1. The van der Waals surface area contributed by atoms with Crippen molar-refractivity contribution in [3.05, 3.63) is 29.8 Å². The molecular formula is C15H21NO3S. The fraction of sp³-hybridized carbons (Fsp3) is 0.533. The van der Waals surface area contributed by atoms with Crippen LogP contribution in [0.15, 0.2) is 24.3 Å². The fourth-order valence-electron chi connectivity index (χ4n) is 2.21. The first kappa shape index (κ1) is 15.0. The van der Waals surface area contributed by atoms with Crippen LogP contribution in [0.2, 0.25) is 0 Å². The van der Waals surface area contributed by atoms with E-state index in [0.29, 0.717) is 31.0 Å². The van der Waals surface area contributed by atoms with Gasteiger partial charge in [0, 0.05) is 35.4 Å². The number of benzene rings is 1. The zero-order valence-corrected chi connectivity index (χ0v) is 12.8. The molecule has 0 aromatic heterocycles. The number of para-hydroxylation sites is 1. The highest BCUT2D eigenvalue weighted by molar-refractivity contribution is 7.85. The molecule has 1 aromatic rings. The van der Waals surface area contributed by atoms with Crippen LogP contribution in [0.1, 0.15) is 18.9 Å². The third-order valence-electron chi connectivity index (χ3n) is 3.50. The van der Waals surface area contributed by atoms with E-state index in [1.54, 1.807) is 4.90 Å². The van der Waals surface area contributed by atoms with Gasteiger partial charge in [-0.2, -0.15) is 0 Å². The van der Waals surface area contributed by atoms with Crippen molar-refractivity contribution in [3.8, 4) is 5.75 Å². The summed E-state index contributed by atoms with van der Waals surface area (Å²) in [6.07, 6.45) is 0.176. The van der Waals surface area contributed by atoms with E-state index in [9.17, 15) is 9.00 Å². The number of hydrogen-bond donors (Lipinski definition) is 0. The standard InChI is InChI=1S/C15H21NO3S/c1-3-13(19-14-7-5-4-6-12(14)2)15(17)16-8-10-20(18)11-9-16/h4-7,13H,3,8-11H2,1-2H3/t13-/m0/s1. The van der Waals surface area contributed by atoms with Crippen LogP contribution in [-0.2, 0) is 15.6 Å². The second kappa shape index (κ2) is 6.88. The lowest BCUT2D eigenvalue weighted by Crippen LogP contribution is -2.47. The zero-order chi connectivity index (χ0) is 14.5. The molecule has 0 spiro atoms. The highest BCUT2D eigenvalue weighted by Gasteiger charge is 2.27. The van der Waals surface area contributed by atoms with Crippen molar-refractivity contribution in [3.63, 3.8) is 0 Å². The Bertz CT molecular complexity index is 494. The second-order valence-electron chi connectivity index (χ2n) is 4.95. The minimum Gasteiger partial charge on any atom is -0.480 e. The Labute approximate surface area is 122 Å². The molecule has 4 nitrogen and oxygen atoms in total. The first-order valence-electron chi connectivity index (χ1n) is 6.98.